The molecule has 0 radical (unpaired) electrons. The van der Waals surface area contributed by atoms with Crippen LogP contribution in [0.5, 0.6) is 5.75 Å². The summed E-state index contributed by atoms with van der Waals surface area (Å²) in [5.74, 6) is 0.261. The van der Waals surface area contributed by atoms with Gasteiger partial charge >= 0.3 is 0 Å². The molecule has 4 rings (SSSR count). The fourth-order valence-electron chi connectivity index (χ4n) is 3.07. The quantitative estimate of drug-likeness (QED) is 0.477. The maximum absolute atomic E-state index is 10.5. The monoisotopic (exact) mass is 351 g/mol. The predicted octanol–water partition coefficient (Wildman–Crippen LogP) is 5.56. The Morgan fingerprint density at radius 2 is 1.41 bits per heavy atom. The summed E-state index contributed by atoms with van der Waals surface area (Å²) in [4.78, 5) is 0. The van der Waals surface area contributed by atoms with Crippen molar-refractivity contribution in [2.75, 3.05) is 0 Å². The van der Waals surface area contributed by atoms with Crippen LogP contribution >= 0.6 is 15.9 Å². The predicted molar refractivity (Wildman–Crippen MR) is 94.9 cm³/mol. The third kappa shape index (κ3) is 1.86. The van der Waals surface area contributed by atoms with Gasteiger partial charge < -0.3 is 9.67 Å². The summed E-state index contributed by atoms with van der Waals surface area (Å²) >= 11 is 3.45. The first kappa shape index (κ1) is 13.4. The molecule has 0 saturated carbocycles. The number of phenols is 1. The minimum atomic E-state index is 0.261. The number of nitrogens with zero attached hydrogens (tertiary/aromatic N) is 1. The van der Waals surface area contributed by atoms with Gasteiger partial charge in [-0.25, -0.2) is 0 Å². The smallest absolute Gasteiger partial charge is 0.153 e. The summed E-state index contributed by atoms with van der Waals surface area (Å²) in [5, 5.41) is 12.9. The van der Waals surface area contributed by atoms with Gasteiger partial charge in [0.25, 0.3) is 0 Å². The maximum Gasteiger partial charge on any atom is 0.153 e. The second-order valence-corrected chi connectivity index (χ2v) is 6.34. The molecule has 1 heterocycles. The molecule has 0 saturated heterocycles. The molecule has 0 bridgehead atoms. The van der Waals surface area contributed by atoms with Gasteiger partial charge in [-0.1, -0.05) is 36.4 Å². The van der Waals surface area contributed by atoms with E-state index in [2.05, 4.69) is 44.8 Å². The molecule has 0 atom stereocenters. The molecule has 4 aromatic rings. The van der Waals surface area contributed by atoms with Gasteiger partial charge in [0.1, 0.15) is 0 Å². The molecular weight excluding hydrogens is 338 g/mol. The normalized spacial score (nSPS) is 11.4. The average Bonchev–Trinajstić information content (AvgIpc) is 2.85. The Morgan fingerprint density at radius 3 is 2.00 bits per heavy atom. The number of hydrogen-bond donors (Lipinski definition) is 1. The van der Waals surface area contributed by atoms with Gasteiger partial charge in [-0.2, -0.15) is 0 Å². The molecule has 108 valence electrons. The highest BCUT2D eigenvalue weighted by Crippen LogP contribution is 2.38. The van der Waals surface area contributed by atoms with E-state index in [1.807, 2.05) is 43.3 Å². The van der Waals surface area contributed by atoms with Gasteiger partial charge in [-0.15, -0.1) is 0 Å². The van der Waals surface area contributed by atoms with Crippen molar-refractivity contribution in [3.8, 4) is 11.4 Å². The van der Waals surface area contributed by atoms with Crippen molar-refractivity contribution in [3.63, 3.8) is 0 Å². The standard InChI is InChI=1S/C19H14BrNO/c1-12-10-15(20)19(22)18(11-12)21-16-8-4-2-6-13(16)14-7-3-5-9-17(14)21/h2-11,22H,1H3. The molecule has 1 N–H and O–H groups in total. The second kappa shape index (κ2) is 4.89. The summed E-state index contributed by atoms with van der Waals surface area (Å²) in [6, 6.07) is 20.5. The fourth-order valence-corrected chi connectivity index (χ4v) is 3.63. The molecule has 3 aromatic carbocycles. The Morgan fingerprint density at radius 1 is 0.864 bits per heavy atom. The largest absolute Gasteiger partial charge is 0.505 e. The van der Waals surface area contributed by atoms with Crippen LogP contribution in [0.2, 0.25) is 0 Å². The van der Waals surface area contributed by atoms with Gasteiger partial charge in [0, 0.05) is 10.8 Å². The summed E-state index contributed by atoms with van der Waals surface area (Å²) in [6.45, 7) is 2.03. The van der Waals surface area contributed by atoms with Gasteiger partial charge in [-0.05, 0) is 52.7 Å². The minimum Gasteiger partial charge on any atom is -0.505 e. The van der Waals surface area contributed by atoms with Crippen LogP contribution in [0.3, 0.4) is 0 Å². The molecule has 0 aliphatic rings. The second-order valence-electron chi connectivity index (χ2n) is 5.48. The zero-order valence-electron chi connectivity index (χ0n) is 12.0. The lowest BCUT2D eigenvalue weighted by atomic mass is 10.2. The van der Waals surface area contributed by atoms with Gasteiger partial charge in [0.15, 0.2) is 5.75 Å². The van der Waals surface area contributed by atoms with E-state index in [1.165, 1.54) is 10.8 Å². The van der Waals surface area contributed by atoms with Gasteiger partial charge in [0.2, 0.25) is 0 Å². The molecule has 3 heteroatoms. The van der Waals surface area contributed by atoms with Crippen molar-refractivity contribution in [1.82, 2.24) is 4.57 Å². The Balaban J connectivity index is 2.23. The molecule has 2 nitrogen and oxygen atoms in total. The Hall–Kier alpha value is -2.26. The van der Waals surface area contributed by atoms with Crippen molar-refractivity contribution in [2.45, 2.75) is 6.92 Å². The summed E-state index contributed by atoms with van der Waals surface area (Å²) < 4.78 is 2.84. The molecule has 0 fully saturated rings. The van der Waals surface area contributed by atoms with Crippen molar-refractivity contribution in [1.29, 1.82) is 0 Å². The number of para-hydroxylation sites is 2. The van der Waals surface area contributed by atoms with Crippen LogP contribution in [0.15, 0.2) is 65.1 Å². The highest BCUT2D eigenvalue weighted by Gasteiger charge is 2.15. The third-order valence-electron chi connectivity index (χ3n) is 4.01. The van der Waals surface area contributed by atoms with Crippen LogP contribution in [0.25, 0.3) is 27.5 Å². The van der Waals surface area contributed by atoms with Crippen LogP contribution in [0.4, 0.5) is 0 Å². The number of hydrogen-bond acceptors (Lipinski definition) is 1. The number of halogens is 1. The molecule has 0 unspecified atom stereocenters. The van der Waals surface area contributed by atoms with Crippen molar-refractivity contribution in [2.24, 2.45) is 0 Å². The number of rotatable bonds is 1. The third-order valence-corrected chi connectivity index (χ3v) is 4.61. The van der Waals surface area contributed by atoms with E-state index in [4.69, 9.17) is 0 Å². The van der Waals surface area contributed by atoms with Crippen molar-refractivity contribution in [3.05, 3.63) is 70.7 Å². The first-order valence-corrected chi connectivity index (χ1v) is 7.94. The van der Waals surface area contributed by atoms with Crippen LogP contribution in [-0.2, 0) is 0 Å². The Kier molecular flexibility index (Phi) is 2.98. The van der Waals surface area contributed by atoms with Crippen molar-refractivity contribution >= 4 is 37.7 Å². The number of aryl methyl sites for hydroxylation is 1. The molecule has 0 amide bonds. The number of fused-ring (bicyclic) bond motifs is 3. The van der Waals surface area contributed by atoms with E-state index in [9.17, 15) is 5.11 Å². The van der Waals surface area contributed by atoms with E-state index < -0.39 is 0 Å². The topological polar surface area (TPSA) is 25.2 Å². The lowest BCUT2D eigenvalue weighted by molar-refractivity contribution is 0.469. The molecule has 0 aliphatic carbocycles. The first-order chi connectivity index (χ1) is 10.7. The lowest BCUT2D eigenvalue weighted by Crippen LogP contribution is -1.95. The summed E-state index contributed by atoms with van der Waals surface area (Å²) in [5.41, 5.74) is 4.08. The van der Waals surface area contributed by atoms with Crippen LogP contribution in [0, 0.1) is 6.92 Å². The maximum atomic E-state index is 10.5. The molecule has 0 aliphatic heterocycles. The van der Waals surface area contributed by atoms with Crippen LogP contribution in [-0.4, -0.2) is 9.67 Å². The van der Waals surface area contributed by atoms with Gasteiger partial charge in [-0.3, -0.25) is 0 Å². The summed E-state index contributed by atoms with van der Waals surface area (Å²) in [7, 11) is 0. The zero-order chi connectivity index (χ0) is 15.3. The molecular formula is C19H14BrNO. The molecule has 0 spiro atoms. The minimum absolute atomic E-state index is 0.261. The average molecular weight is 352 g/mol. The van der Waals surface area contributed by atoms with Crippen LogP contribution in [0.1, 0.15) is 5.56 Å². The first-order valence-electron chi connectivity index (χ1n) is 7.14. The Labute approximate surface area is 136 Å². The fraction of sp³-hybridized carbons (Fsp3) is 0.0526. The lowest BCUT2D eigenvalue weighted by Gasteiger charge is -2.12. The Bertz CT molecular complexity index is 963. The van der Waals surface area contributed by atoms with E-state index in [0.717, 1.165) is 22.3 Å². The number of aromatic hydroxyl groups is 1. The van der Waals surface area contributed by atoms with E-state index in [1.54, 1.807) is 0 Å². The SMILES string of the molecule is Cc1cc(Br)c(O)c(-n2c3ccccc3c3ccccc32)c1. The number of aromatic nitrogens is 1. The highest BCUT2D eigenvalue weighted by molar-refractivity contribution is 9.10. The highest BCUT2D eigenvalue weighted by atomic mass is 79.9. The number of phenolic OH excluding ortho intramolecular Hbond substituents is 1. The molecule has 1 aromatic heterocycles. The van der Waals surface area contributed by atoms with E-state index >= 15 is 0 Å². The van der Waals surface area contributed by atoms with E-state index in [-0.39, 0.29) is 5.75 Å². The number of benzene rings is 3. The molecule has 22 heavy (non-hydrogen) atoms. The zero-order valence-corrected chi connectivity index (χ0v) is 13.6. The van der Waals surface area contributed by atoms with Gasteiger partial charge in [0.05, 0.1) is 21.2 Å². The van der Waals surface area contributed by atoms with Crippen molar-refractivity contribution < 1.29 is 5.11 Å². The summed E-state index contributed by atoms with van der Waals surface area (Å²) in [6.07, 6.45) is 0. The van der Waals surface area contributed by atoms with E-state index in [0.29, 0.717) is 4.47 Å². The van der Waals surface area contributed by atoms with Crippen LogP contribution < -0.4 is 0 Å².